The molecule has 1 amide bonds. The van der Waals surface area contributed by atoms with E-state index in [-0.39, 0.29) is 6.09 Å². The van der Waals surface area contributed by atoms with Gasteiger partial charge in [0.1, 0.15) is 5.60 Å². The summed E-state index contributed by atoms with van der Waals surface area (Å²) >= 11 is 0. The number of carbonyl (C=O) groups is 1. The van der Waals surface area contributed by atoms with Gasteiger partial charge in [0.25, 0.3) is 0 Å². The van der Waals surface area contributed by atoms with Gasteiger partial charge in [0.15, 0.2) is 0 Å². The van der Waals surface area contributed by atoms with Crippen LogP contribution < -0.4 is 4.90 Å². The maximum absolute atomic E-state index is 12.4. The van der Waals surface area contributed by atoms with Crippen molar-refractivity contribution in [3.05, 3.63) is 30.1 Å². The molecule has 2 aromatic rings. The van der Waals surface area contributed by atoms with Crippen LogP contribution >= 0.6 is 0 Å². The quantitative estimate of drug-likeness (QED) is 0.679. The van der Waals surface area contributed by atoms with Crippen LogP contribution in [0.3, 0.4) is 0 Å². The topological polar surface area (TPSA) is 50.1 Å². The van der Waals surface area contributed by atoms with Gasteiger partial charge in [0.2, 0.25) is 0 Å². The van der Waals surface area contributed by atoms with E-state index in [1.54, 1.807) is 0 Å². The van der Waals surface area contributed by atoms with Crippen LogP contribution in [0.1, 0.15) is 77.2 Å². The first-order chi connectivity index (χ1) is 14.4. The molecule has 1 aliphatic heterocycles. The molecule has 0 N–H and O–H groups in total. The number of nitrogens with zero attached hydrogens (tertiary/aromatic N) is 4. The summed E-state index contributed by atoms with van der Waals surface area (Å²) in [6.45, 7) is 8.71. The second-order valence-electron chi connectivity index (χ2n) is 9.82. The first kappa shape index (κ1) is 21.0. The summed E-state index contributed by atoms with van der Waals surface area (Å²) in [4.78, 5) is 16.6. The van der Waals surface area contributed by atoms with Crippen molar-refractivity contribution in [3.8, 4) is 0 Å². The molecule has 2 aliphatic rings. The van der Waals surface area contributed by atoms with Crippen molar-refractivity contribution in [3.63, 3.8) is 0 Å². The number of ether oxygens (including phenoxy) is 1. The largest absolute Gasteiger partial charge is 0.444 e. The zero-order valence-electron chi connectivity index (χ0n) is 18.8. The zero-order valence-corrected chi connectivity index (χ0v) is 18.8. The minimum absolute atomic E-state index is 0.212. The van der Waals surface area contributed by atoms with Crippen LogP contribution in [0.2, 0.25) is 0 Å². The van der Waals surface area contributed by atoms with E-state index in [2.05, 4.69) is 28.3 Å². The standard InChI is InChI=1S/C24H36N4O2/c1-24(2,3)30-23(29)27-15-13-26(14-16-27)21-11-12-25-28-18-20(17-22(21)28)19-9-7-5-4-6-8-10-19/h11-12,17-19H,4-10,13-16H2,1-3H3. The minimum atomic E-state index is -0.454. The average molecular weight is 413 g/mol. The zero-order chi connectivity index (χ0) is 21.1. The highest BCUT2D eigenvalue weighted by Crippen LogP contribution is 2.34. The van der Waals surface area contributed by atoms with Crippen LogP contribution in [0, 0.1) is 0 Å². The molecule has 0 radical (unpaired) electrons. The molecule has 0 spiro atoms. The second-order valence-corrected chi connectivity index (χ2v) is 9.82. The fourth-order valence-corrected chi connectivity index (χ4v) is 4.76. The summed E-state index contributed by atoms with van der Waals surface area (Å²) in [6.07, 6.45) is 13.3. The first-order valence-corrected chi connectivity index (χ1v) is 11.6. The Morgan fingerprint density at radius 1 is 1.03 bits per heavy atom. The maximum atomic E-state index is 12.4. The Bertz CT molecular complexity index is 854. The van der Waals surface area contributed by atoms with Crippen LogP contribution in [-0.2, 0) is 4.74 Å². The molecule has 0 unspecified atom stereocenters. The van der Waals surface area contributed by atoms with Crippen molar-refractivity contribution in [2.24, 2.45) is 0 Å². The number of hydrogen-bond acceptors (Lipinski definition) is 4. The molecule has 3 heterocycles. The summed E-state index contributed by atoms with van der Waals surface area (Å²) in [6, 6.07) is 4.47. The summed E-state index contributed by atoms with van der Waals surface area (Å²) in [5.74, 6) is 0.656. The van der Waals surface area contributed by atoms with E-state index < -0.39 is 5.60 Å². The maximum Gasteiger partial charge on any atom is 0.410 e. The van der Waals surface area contributed by atoms with E-state index in [9.17, 15) is 4.79 Å². The molecule has 164 valence electrons. The van der Waals surface area contributed by atoms with Crippen LogP contribution in [0.25, 0.3) is 5.52 Å². The summed E-state index contributed by atoms with van der Waals surface area (Å²) < 4.78 is 7.58. The molecule has 0 atom stereocenters. The third kappa shape index (κ3) is 4.90. The monoisotopic (exact) mass is 412 g/mol. The van der Waals surface area contributed by atoms with Gasteiger partial charge in [-0.1, -0.05) is 32.1 Å². The second kappa shape index (κ2) is 8.86. The Morgan fingerprint density at radius 3 is 2.37 bits per heavy atom. The molecule has 6 heteroatoms. The molecule has 0 aromatic carbocycles. The van der Waals surface area contributed by atoms with E-state index in [0.29, 0.717) is 19.0 Å². The molecule has 2 fully saturated rings. The predicted octanol–water partition coefficient (Wildman–Crippen LogP) is 5.22. The fourth-order valence-electron chi connectivity index (χ4n) is 4.76. The molecule has 4 rings (SSSR count). The van der Waals surface area contributed by atoms with Crippen LogP contribution in [0.15, 0.2) is 24.5 Å². The number of amides is 1. The van der Waals surface area contributed by atoms with Gasteiger partial charge in [0, 0.05) is 38.6 Å². The summed E-state index contributed by atoms with van der Waals surface area (Å²) in [5.41, 5.74) is 3.38. The van der Waals surface area contributed by atoms with Crippen molar-refractivity contribution in [2.45, 2.75) is 77.2 Å². The van der Waals surface area contributed by atoms with Gasteiger partial charge < -0.3 is 14.5 Å². The highest BCUT2D eigenvalue weighted by molar-refractivity contribution is 5.74. The third-order valence-electron chi connectivity index (χ3n) is 6.36. The molecule has 0 bridgehead atoms. The van der Waals surface area contributed by atoms with Crippen LogP contribution in [0.5, 0.6) is 0 Å². The van der Waals surface area contributed by atoms with Gasteiger partial charge in [-0.05, 0) is 57.2 Å². The van der Waals surface area contributed by atoms with Crippen molar-refractivity contribution in [1.82, 2.24) is 14.5 Å². The van der Waals surface area contributed by atoms with Gasteiger partial charge in [-0.25, -0.2) is 9.31 Å². The minimum Gasteiger partial charge on any atom is -0.444 e. The van der Waals surface area contributed by atoms with Crippen LogP contribution in [0.4, 0.5) is 10.5 Å². The van der Waals surface area contributed by atoms with Crippen LogP contribution in [-0.4, -0.2) is 52.4 Å². The van der Waals surface area contributed by atoms with E-state index in [1.165, 1.54) is 61.7 Å². The molecule has 6 nitrogen and oxygen atoms in total. The fraction of sp³-hybridized carbons (Fsp3) is 0.667. The Kier molecular flexibility index (Phi) is 6.21. The molecule has 1 saturated heterocycles. The van der Waals surface area contributed by atoms with E-state index in [1.807, 2.05) is 36.4 Å². The van der Waals surface area contributed by atoms with Crippen molar-refractivity contribution < 1.29 is 9.53 Å². The first-order valence-electron chi connectivity index (χ1n) is 11.6. The van der Waals surface area contributed by atoms with Crippen molar-refractivity contribution in [1.29, 1.82) is 0 Å². The lowest BCUT2D eigenvalue weighted by Gasteiger charge is -2.36. The number of fused-ring (bicyclic) bond motifs is 1. The lowest BCUT2D eigenvalue weighted by atomic mass is 9.87. The molecule has 30 heavy (non-hydrogen) atoms. The van der Waals surface area contributed by atoms with Gasteiger partial charge in [-0.2, -0.15) is 5.10 Å². The SMILES string of the molecule is CC(C)(C)OC(=O)N1CCN(c2ccnn3cc(C4CCCCCCC4)cc23)CC1. The smallest absolute Gasteiger partial charge is 0.410 e. The third-order valence-corrected chi connectivity index (χ3v) is 6.36. The van der Waals surface area contributed by atoms with Gasteiger partial charge in [-0.3, -0.25) is 0 Å². The highest BCUT2D eigenvalue weighted by atomic mass is 16.6. The molecule has 1 saturated carbocycles. The molecular weight excluding hydrogens is 376 g/mol. The van der Waals surface area contributed by atoms with E-state index in [0.717, 1.165) is 13.1 Å². The van der Waals surface area contributed by atoms with Gasteiger partial charge >= 0.3 is 6.09 Å². The molecular formula is C24H36N4O2. The highest BCUT2D eigenvalue weighted by Gasteiger charge is 2.27. The Balaban J connectivity index is 1.47. The van der Waals surface area contributed by atoms with Crippen molar-refractivity contribution >= 4 is 17.3 Å². The van der Waals surface area contributed by atoms with Gasteiger partial charge in [-0.15, -0.1) is 0 Å². The number of hydrogen-bond donors (Lipinski definition) is 0. The number of piperazine rings is 1. The van der Waals surface area contributed by atoms with E-state index >= 15 is 0 Å². The number of anilines is 1. The Hall–Kier alpha value is -2.24. The Morgan fingerprint density at radius 2 is 1.70 bits per heavy atom. The summed E-state index contributed by atoms with van der Waals surface area (Å²) in [5, 5.41) is 4.58. The molecule has 2 aromatic heterocycles. The molecule has 1 aliphatic carbocycles. The lowest BCUT2D eigenvalue weighted by Crippen LogP contribution is -2.50. The predicted molar refractivity (Wildman–Crippen MR) is 120 cm³/mol. The summed E-state index contributed by atoms with van der Waals surface area (Å²) in [7, 11) is 0. The number of carbonyl (C=O) groups excluding carboxylic acids is 1. The number of aromatic nitrogens is 2. The Labute approximate surface area is 180 Å². The van der Waals surface area contributed by atoms with Gasteiger partial charge in [0.05, 0.1) is 11.2 Å². The van der Waals surface area contributed by atoms with E-state index in [4.69, 9.17) is 4.74 Å². The lowest BCUT2D eigenvalue weighted by molar-refractivity contribution is 0.0240. The van der Waals surface area contributed by atoms with Crippen molar-refractivity contribution in [2.75, 3.05) is 31.1 Å². The average Bonchev–Trinajstić information content (AvgIpc) is 3.10. The normalized spacial score (nSPS) is 19.6. The number of rotatable bonds is 2.